The predicted molar refractivity (Wildman–Crippen MR) is 71.6 cm³/mol. The Labute approximate surface area is 117 Å². The molecule has 1 saturated heterocycles. The van der Waals surface area contributed by atoms with Crippen LogP contribution in [0.25, 0.3) is 0 Å². The van der Waals surface area contributed by atoms with E-state index in [1.54, 1.807) is 12.1 Å². The van der Waals surface area contributed by atoms with Crippen molar-refractivity contribution in [3.63, 3.8) is 0 Å². The van der Waals surface area contributed by atoms with E-state index in [2.05, 4.69) is 23.9 Å². The number of hydrogen-bond donors (Lipinski definition) is 1. The number of benzene rings is 1. The first-order valence-electron chi connectivity index (χ1n) is 6.90. The molecule has 1 fully saturated rings. The Morgan fingerprint density at radius 1 is 1.25 bits per heavy atom. The van der Waals surface area contributed by atoms with Crippen molar-refractivity contribution in [3.05, 3.63) is 29.8 Å². The molecule has 0 aliphatic carbocycles. The lowest BCUT2D eigenvalue weighted by Crippen LogP contribution is -2.46. The number of nitrogens with one attached hydrogen (secondary N) is 1. The average Bonchev–Trinajstić information content (AvgIpc) is 2.80. The minimum absolute atomic E-state index is 0.0619. The molecule has 1 aliphatic heterocycles. The smallest absolute Gasteiger partial charge is 0.406 e. The molecule has 1 aliphatic rings. The van der Waals surface area contributed by atoms with E-state index in [1.165, 1.54) is 12.1 Å². The van der Waals surface area contributed by atoms with Gasteiger partial charge >= 0.3 is 6.36 Å². The van der Waals surface area contributed by atoms with Gasteiger partial charge in [0.25, 0.3) is 0 Å². The van der Waals surface area contributed by atoms with Crippen LogP contribution in [0.5, 0.6) is 5.75 Å². The molecule has 1 N–H and O–H groups in total. The zero-order valence-corrected chi connectivity index (χ0v) is 11.8. The topological polar surface area (TPSA) is 21.3 Å². The van der Waals surface area contributed by atoms with Crippen molar-refractivity contribution in [1.82, 2.24) is 5.32 Å². The first-order valence-corrected chi connectivity index (χ1v) is 6.90. The molecule has 1 aromatic carbocycles. The minimum Gasteiger partial charge on any atom is -0.406 e. The van der Waals surface area contributed by atoms with Crippen LogP contribution < -0.4 is 10.1 Å². The molecular weight excluding hydrogens is 267 g/mol. The molecule has 1 atom stereocenters. The van der Waals surface area contributed by atoms with Crippen molar-refractivity contribution < 1.29 is 17.9 Å². The molecule has 1 aromatic rings. The molecule has 0 radical (unpaired) electrons. The van der Waals surface area contributed by atoms with Gasteiger partial charge in [0.15, 0.2) is 0 Å². The molecule has 2 rings (SSSR count). The summed E-state index contributed by atoms with van der Waals surface area (Å²) in [5.41, 5.74) is 1.09. The van der Waals surface area contributed by atoms with Gasteiger partial charge in [-0.3, -0.25) is 0 Å². The quantitative estimate of drug-likeness (QED) is 0.906. The molecule has 0 aromatic heterocycles. The second-order valence-corrected chi connectivity index (χ2v) is 5.71. The van der Waals surface area contributed by atoms with E-state index >= 15 is 0 Å². The number of rotatable bonds is 4. The maximum atomic E-state index is 12.1. The number of ether oxygens (including phenoxy) is 1. The van der Waals surface area contributed by atoms with E-state index in [4.69, 9.17) is 0 Å². The molecule has 20 heavy (non-hydrogen) atoms. The summed E-state index contributed by atoms with van der Waals surface area (Å²) in [5, 5.41) is 3.56. The van der Waals surface area contributed by atoms with Gasteiger partial charge in [0.05, 0.1) is 0 Å². The van der Waals surface area contributed by atoms with E-state index in [9.17, 15) is 13.2 Å². The summed E-state index contributed by atoms with van der Waals surface area (Å²) in [6.07, 6.45) is -1.55. The fraction of sp³-hybridized carbons (Fsp3) is 0.600. The van der Waals surface area contributed by atoms with E-state index in [1.807, 2.05) is 0 Å². The monoisotopic (exact) mass is 287 g/mol. The minimum atomic E-state index is -4.63. The highest BCUT2D eigenvalue weighted by Gasteiger charge is 2.36. The van der Waals surface area contributed by atoms with E-state index in [0.29, 0.717) is 5.92 Å². The van der Waals surface area contributed by atoms with Crippen molar-refractivity contribution >= 4 is 0 Å². The summed E-state index contributed by atoms with van der Waals surface area (Å²) in [6, 6.07) is 6.19. The lowest BCUT2D eigenvalue weighted by Gasteiger charge is -2.34. The standard InChI is InChI=1S/C15H20F3NO/c1-11(2)14(8-3-9-19-14)10-12-4-6-13(7-5-12)20-15(16,17)18/h4-7,11,19H,3,8-10H2,1-2H3. The van der Waals surface area contributed by atoms with Gasteiger partial charge in [-0.1, -0.05) is 26.0 Å². The van der Waals surface area contributed by atoms with Gasteiger partial charge in [0.1, 0.15) is 5.75 Å². The molecule has 1 heterocycles. The number of halogens is 3. The third-order valence-corrected chi connectivity index (χ3v) is 4.06. The van der Waals surface area contributed by atoms with Gasteiger partial charge < -0.3 is 10.1 Å². The van der Waals surface area contributed by atoms with Crippen molar-refractivity contribution in [2.75, 3.05) is 6.54 Å². The first-order chi connectivity index (χ1) is 9.31. The zero-order chi connectivity index (χ0) is 14.8. The van der Waals surface area contributed by atoms with Gasteiger partial charge in [-0.25, -0.2) is 0 Å². The molecule has 2 nitrogen and oxygen atoms in total. The Hall–Kier alpha value is -1.23. The van der Waals surface area contributed by atoms with Gasteiger partial charge in [0.2, 0.25) is 0 Å². The summed E-state index contributed by atoms with van der Waals surface area (Å²) in [6.45, 7) is 5.37. The van der Waals surface area contributed by atoms with E-state index in [-0.39, 0.29) is 11.3 Å². The van der Waals surface area contributed by atoms with Gasteiger partial charge in [-0.05, 0) is 49.4 Å². The fourth-order valence-electron chi connectivity index (χ4n) is 2.85. The van der Waals surface area contributed by atoms with Crippen LogP contribution in [0.1, 0.15) is 32.3 Å². The summed E-state index contributed by atoms with van der Waals surface area (Å²) >= 11 is 0. The van der Waals surface area contributed by atoms with Crippen LogP contribution >= 0.6 is 0 Å². The van der Waals surface area contributed by atoms with Crippen molar-refractivity contribution in [2.24, 2.45) is 5.92 Å². The van der Waals surface area contributed by atoms with Crippen LogP contribution in [0, 0.1) is 5.92 Å². The second kappa shape index (κ2) is 5.64. The second-order valence-electron chi connectivity index (χ2n) is 5.71. The molecule has 0 saturated carbocycles. The Kier molecular flexibility index (Phi) is 4.28. The SMILES string of the molecule is CC(C)C1(Cc2ccc(OC(F)(F)F)cc2)CCCN1. The average molecular weight is 287 g/mol. The molecule has 0 spiro atoms. The number of alkyl halides is 3. The predicted octanol–water partition coefficient (Wildman–Crippen LogP) is 3.91. The summed E-state index contributed by atoms with van der Waals surface area (Å²) in [4.78, 5) is 0. The highest BCUT2D eigenvalue weighted by Crippen LogP contribution is 2.32. The van der Waals surface area contributed by atoms with E-state index < -0.39 is 6.36 Å². The Morgan fingerprint density at radius 2 is 1.90 bits per heavy atom. The highest BCUT2D eigenvalue weighted by atomic mass is 19.4. The van der Waals surface area contributed by atoms with Gasteiger partial charge in [-0.2, -0.15) is 0 Å². The number of hydrogen-bond acceptors (Lipinski definition) is 2. The summed E-state index contributed by atoms with van der Waals surface area (Å²) < 4.78 is 40.2. The first kappa shape index (κ1) is 15.2. The zero-order valence-electron chi connectivity index (χ0n) is 11.8. The van der Waals surface area contributed by atoms with Crippen LogP contribution in [0.3, 0.4) is 0 Å². The van der Waals surface area contributed by atoms with Gasteiger partial charge in [-0.15, -0.1) is 13.2 Å². The summed E-state index contributed by atoms with van der Waals surface area (Å²) in [5.74, 6) is 0.315. The largest absolute Gasteiger partial charge is 0.573 e. The van der Waals surface area contributed by atoms with Crippen LogP contribution in [0.2, 0.25) is 0 Å². The molecule has 0 bridgehead atoms. The van der Waals surface area contributed by atoms with E-state index in [0.717, 1.165) is 31.4 Å². The normalized spacial score (nSPS) is 23.3. The summed E-state index contributed by atoms with van der Waals surface area (Å²) in [7, 11) is 0. The lowest BCUT2D eigenvalue weighted by atomic mass is 9.80. The molecular formula is C15H20F3NO. The van der Waals surface area contributed by atoms with Crippen LogP contribution in [0.15, 0.2) is 24.3 Å². The third-order valence-electron chi connectivity index (χ3n) is 4.06. The maximum Gasteiger partial charge on any atom is 0.573 e. The highest BCUT2D eigenvalue weighted by molar-refractivity contribution is 5.29. The van der Waals surface area contributed by atoms with Crippen molar-refractivity contribution in [2.45, 2.75) is 45.0 Å². The molecule has 0 amide bonds. The lowest BCUT2D eigenvalue weighted by molar-refractivity contribution is -0.274. The fourth-order valence-corrected chi connectivity index (χ4v) is 2.85. The maximum absolute atomic E-state index is 12.1. The van der Waals surface area contributed by atoms with Crippen LogP contribution in [-0.2, 0) is 6.42 Å². The molecule has 1 unspecified atom stereocenters. The molecule has 5 heteroatoms. The third kappa shape index (κ3) is 3.66. The van der Waals surface area contributed by atoms with Gasteiger partial charge in [0, 0.05) is 5.54 Å². The Morgan fingerprint density at radius 3 is 2.35 bits per heavy atom. The van der Waals surface area contributed by atoms with Crippen molar-refractivity contribution in [1.29, 1.82) is 0 Å². The Balaban J connectivity index is 2.06. The van der Waals surface area contributed by atoms with Crippen LogP contribution in [-0.4, -0.2) is 18.4 Å². The van der Waals surface area contributed by atoms with Crippen molar-refractivity contribution in [3.8, 4) is 5.75 Å². The Bertz CT molecular complexity index is 433. The molecule has 112 valence electrons. The van der Waals surface area contributed by atoms with Crippen LogP contribution in [0.4, 0.5) is 13.2 Å².